The van der Waals surface area contributed by atoms with Crippen molar-refractivity contribution in [2.24, 2.45) is 0 Å². The van der Waals surface area contributed by atoms with E-state index in [0.29, 0.717) is 0 Å². The van der Waals surface area contributed by atoms with Gasteiger partial charge in [-0.2, -0.15) is 0 Å². The van der Waals surface area contributed by atoms with Crippen molar-refractivity contribution in [2.45, 2.75) is 57.7 Å². The molecule has 0 bridgehead atoms. The van der Waals surface area contributed by atoms with Crippen LogP contribution in [0.1, 0.15) is 51.1 Å². The van der Waals surface area contributed by atoms with Crippen LogP contribution >= 0.6 is 0 Å². The molecule has 4 nitrogen and oxygen atoms in total. The largest absolute Gasteiger partial charge is 0.392 e. The van der Waals surface area contributed by atoms with Crippen molar-refractivity contribution in [1.82, 2.24) is 5.32 Å². The third kappa shape index (κ3) is 4.05. The van der Waals surface area contributed by atoms with E-state index in [4.69, 9.17) is 0 Å². The van der Waals surface area contributed by atoms with E-state index in [-0.39, 0.29) is 24.1 Å². The van der Waals surface area contributed by atoms with Crippen molar-refractivity contribution in [2.75, 3.05) is 5.32 Å². The van der Waals surface area contributed by atoms with E-state index in [9.17, 15) is 9.90 Å². The predicted octanol–water partition coefficient (Wildman–Crippen LogP) is 2.60. The molecule has 1 amide bonds. The number of aliphatic hydroxyl groups excluding tert-OH is 1. The van der Waals surface area contributed by atoms with E-state index < -0.39 is 0 Å². The molecule has 0 spiro atoms. The van der Waals surface area contributed by atoms with Crippen LogP contribution in [0.3, 0.4) is 0 Å². The van der Waals surface area contributed by atoms with Crippen molar-refractivity contribution < 1.29 is 9.90 Å². The van der Waals surface area contributed by atoms with Gasteiger partial charge in [0.05, 0.1) is 6.10 Å². The van der Waals surface area contributed by atoms with Crippen LogP contribution in [-0.2, 0) is 4.79 Å². The summed E-state index contributed by atoms with van der Waals surface area (Å²) in [5.74, 6) is -0.0644. The Morgan fingerprint density at radius 3 is 2.80 bits per heavy atom. The smallest absolute Gasteiger partial charge is 0.221 e. The first-order valence-electron chi connectivity index (χ1n) is 7.38. The number of anilines is 1. The maximum absolute atomic E-state index is 11.1. The maximum Gasteiger partial charge on any atom is 0.221 e. The standard InChI is InChI=1S/C16H24N2O2/c1-11(17-15-8-3-4-9-16(15)20)13-6-5-7-14(10-13)18-12(2)19/h5-7,10-11,15-17,20H,3-4,8-9H2,1-2H3,(H,18,19)/t11?,15-,16-/m1/s1. The summed E-state index contributed by atoms with van der Waals surface area (Å²) in [5, 5.41) is 16.3. The molecular formula is C16H24N2O2. The lowest BCUT2D eigenvalue weighted by Crippen LogP contribution is -2.43. The molecule has 0 saturated heterocycles. The minimum atomic E-state index is -0.246. The predicted molar refractivity (Wildman–Crippen MR) is 80.6 cm³/mol. The molecule has 3 N–H and O–H groups in total. The molecule has 110 valence electrons. The lowest BCUT2D eigenvalue weighted by atomic mass is 9.91. The molecular weight excluding hydrogens is 252 g/mol. The molecule has 1 aliphatic carbocycles. The van der Waals surface area contributed by atoms with Gasteiger partial charge in [0, 0.05) is 24.7 Å². The quantitative estimate of drug-likeness (QED) is 0.792. The molecule has 1 saturated carbocycles. The number of hydrogen-bond donors (Lipinski definition) is 3. The van der Waals surface area contributed by atoms with Gasteiger partial charge in [0.1, 0.15) is 0 Å². The number of benzene rings is 1. The summed E-state index contributed by atoms with van der Waals surface area (Å²) in [6.45, 7) is 3.60. The van der Waals surface area contributed by atoms with Crippen molar-refractivity contribution in [1.29, 1.82) is 0 Å². The summed E-state index contributed by atoms with van der Waals surface area (Å²) in [7, 11) is 0. The number of rotatable bonds is 4. The van der Waals surface area contributed by atoms with Crippen LogP contribution < -0.4 is 10.6 Å². The fraction of sp³-hybridized carbons (Fsp3) is 0.562. The summed E-state index contributed by atoms with van der Waals surface area (Å²) in [4.78, 5) is 11.1. The zero-order valence-corrected chi connectivity index (χ0v) is 12.2. The van der Waals surface area contributed by atoms with Crippen LogP contribution in [0.4, 0.5) is 5.69 Å². The average molecular weight is 276 g/mol. The highest BCUT2D eigenvalue weighted by atomic mass is 16.3. The molecule has 0 aliphatic heterocycles. The minimum Gasteiger partial charge on any atom is -0.392 e. The first kappa shape index (κ1) is 15.0. The Labute approximate surface area is 120 Å². The summed E-state index contributed by atoms with van der Waals surface area (Å²) in [6.07, 6.45) is 3.96. The zero-order valence-electron chi connectivity index (χ0n) is 12.2. The van der Waals surface area contributed by atoms with Gasteiger partial charge in [-0.25, -0.2) is 0 Å². The van der Waals surface area contributed by atoms with Crippen molar-refractivity contribution in [3.8, 4) is 0 Å². The Kier molecular flexibility index (Phi) is 5.15. The van der Waals surface area contributed by atoms with E-state index >= 15 is 0 Å². The van der Waals surface area contributed by atoms with Crippen LogP contribution in [-0.4, -0.2) is 23.2 Å². The van der Waals surface area contributed by atoms with Gasteiger partial charge in [0.15, 0.2) is 0 Å². The van der Waals surface area contributed by atoms with Gasteiger partial charge in [-0.05, 0) is 37.5 Å². The average Bonchev–Trinajstić information content (AvgIpc) is 2.41. The first-order chi connectivity index (χ1) is 9.56. The van der Waals surface area contributed by atoms with Crippen LogP contribution in [0.15, 0.2) is 24.3 Å². The Morgan fingerprint density at radius 2 is 2.10 bits per heavy atom. The molecule has 4 heteroatoms. The summed E-state index contributed by atoms with van der Waals surface area (Å²) >= 11 is 0. The van der Waals surface area contributed by atoms with Gasteiger partial charge >= 0.3 is 0 Å². The highest BCUT2D eigenvalue weighted by Crippen LogP contribution is 2.23. The molecule has 1 aromatic carbocycles. The zero-order chi connectivity index (χ0) is 14.5. The number of nitrogens with one attached hydrogen (secondary N) is 2. The first-order valence-corrected chi connectivity index (χ1v) is 7.38. The topological polar surface area (TPSA) is 61.4 Å². The van der Waals surface area contributed by atoms with Crippen LogP contribution in [0.2, 0.25) is 0 Å². The van der Waals surface area contributed by atoms with Crippen molar-refractivity contribution >= 4 is 11.6 Å². The fourth-order valence-corrected chi connectivity index (χ4v) is 2.81. The summed E-state index contributed by atoms with van der Waals surface area (Å²) in [6, 6.07) is 8.17. The minimum absolute atomic E-state index is 0.0644. The van der Waals surface area contributed by atoms with E-state index in [1.807, 2.05) is 24.3 Å². The van der Waals surface area contributed by atoms with Gasteiger partial charge in [0.2, 0.25) is 5.91 Å². The van der Waals surface area contributed by atoms with Gasteiger partial charge < -0.3 is 15.7 Å². The maximum atomic E-state index is 11.1. The summed E-state index contributed by atoms with van der Waals surface area (Å²) in [5.41, 5.74) is 1.93. The SMILES string of the molecule is CC(=O)Nc1cccc(C(C)N[C@@H]2CCCC[C@H]2O)c1. The molecule has 1 aromatic rings. The van der Waals surface area contributed by atoms with Crippen molar-refractivity contribution in [3.63, 3.8) is 0 Å². The molecule has 3 atom stereocenters. The third-order valence-electron chi connectivity index (χ3n) is 3.90. The molecule has 20 heavy (non-hydrogen) atoms. The van der Waals surface area contributed by atoms with Gasteiger partial charge in [-0.1, -0.05) is 25.0 Å². The number of hydrogen-bond acceptors (Lipinski definition) is 3. The third-order valence-corrected chi connectivity index (χ3v) is 3.90. The Bertz CT molecular complexity index is 462. The number of aliphatic hydroxyl groups is 1. The van der Waals surface area contributed by atoms with Gasteiger partial charge in [-0.3, -0.25) is 4.79 Å². The second-order valence-corrected chi connectivity index (χ2v) is 5.65. The summed E-state index contributed by atoms with van der Waals surface area (Å²) < 4.78 is 0. The Hall–Kier alpha value is -1.39. The normalized spacial score (nSPS) is 24.1. The van der Waals surface area contributed by atoms with E-state index in [1.54, 1.807) is 0 Å². The number of carbonyl (C=O) groups is 1. The van der Waals surface area contributed by atoms with Crippen LogP contribution in [0.5, 0.6) is 0 Å². The highest BCUT2D eigenvalue weighted by Gasteiger charge is 2.24. The lowest BCUT2D eigenvalue weighted by molar-refractivity contribution is -0.114. The molecule has 0 aromatic heterocycles. The Morgan fingerprint density at radius 1 is 1.35 bits per heavy atom. The molecule has 1 unspecified atom stereocenters. The molecule has 0 heterocycles. The molecule has 1 fully saturated rings. The van der Waals surface area contributed by atoms with Crippen LogP contribution in [0.25, 0.3) is 0 Å². The van der Waals surface area contributed by atoms with E-state index in [2.05, 4.69) is 17.6 Å². The number of amides is 1. The second-order valence-electron chi connectivity index (χ2n) is 5.65. The highest BCUT2D eigenvalue weighted by molar-refractivity contribution is 5.88. The molecule has 2 rings (SSSR count). The van der Waals surface area contributed by atoms with Gasteiger partial charge in [0.25, 0.3) is 0 Å². The van der Waals surface area contributed by atoms with Crippen LogP contribution in [0, 0.1) is 0 Å². The molecule has 0 radical (unpaired) electrons. The lowest BCUT2D eigenvalue weighted by Gasteiger charge is -2.31. The fourth-order valence-electron chi connectivity index (χ4n) is 2.81. The van der Waals surface area contributed by atoms with Crippen molar-refractivity contribution in [3.05, 3.63) is 29.8 Å². The number of carbonyl (C=O) groups excluding carboxylic acids is 1. The van der Waals surface area contributed by atoms with E-state index in [0.717, 1.165) is 30.5 Å². The molecule has 1 aliphatic rings. The second kappa shape index (κ2) is 6.86. The van der Waals surface area contributed by atoms with E-state index in [1.165, 1.54) is 13.3 Å². The van der Waals surface area contributed by atoms with Gasteiger partial charge in [-0.15, -0.1) is 0 Å². The Balaban J connectivity index is 2.01. The monoisotopic (exact) mass is 276 g/mol.